The van der Waals surface area contributed by atoms with Crippen molar-refractivity contribution in [1.82, 2.24) is 19.9 Å². The van der Waals surface area contributed by atoms with Crippen molar-refractivity contribution in [2.45, 2.75) is 0 Å². The van der Waals surface area contributed by atoms with Crippen molar-refractivity contribution in [1.29, 1.82) is 0 Å². The molecular weight excluding hydrogens is 560 g/mol. The number of benzene rings is 6. The topological polar surface area (TPSA) is 51.6 Å². The molecule has 9 aromatic rings. The second-order valence-corrected chi connectivity index (χ2v) is 11.5. The van der Waals surface area contributed by atoms with E-state index in [1.807, 2.05) is 48.8 Å². The first-order valence-corrected chi connectivity index (χ1v) is 15.4. The maximum absolute atomic E-state index is 5.45. The summed E-state index contributed by atoms with van der Waals surface area (Å²) in [5.74, 6) is 0.672. The summed E-state index contributed by atoms with van der Waals surface area (Å²) in [5.41, 5.74) is 7.69. The molecule has 0 saturated heterocycles. The molecule has 0 unspecified atom stereocenters. The smallest absolute Gasteiger partial charge is 0.160 e. The third-order valence-electron chi connectivity index (χ3n) is 8.73. The molecule has 4 nitrogen and oxygen atoms in total. The van der Waals surface area contributed by atoms with E-state index in [4.69, 9.17) is 15.0 Å². The Morgan fingerprint density at radius 2 is 0.935 bits per heavy atom. The van der Waals surface area contributed by atoms with Crippen molar-refractivity contribution in [3.05, 3.63) is 158 Å². The number of rotatable bonds is 4. The Hall–Kier alpha value is -6.26. The first-order chi connectivity index (χ1) is 22.8. The van der Waals surface area contributed by atoms with Crippen LogP contribution >= 0.6 is 0 Å². The summed E-state index contributed by atoms with van der Waals surface area (Å²) in [7, 11) is 0. The van der Waals surface area contributed by atoms with Crippen LogP contribution in [0.2, 0.25) is 0 Å². The second kappa shape index (κ2) is 10.7. The lowest BCUT2D eigenvalue weighted by Gasteiger charge is -2.15. The average molecular weight is 587 g/mol. The fourth-order valence-electron chi connectivity index (χ4n) is 6.60. The predicted molar refractivity (Wildman–Crippen MR) is 189 cm³/mol. The number of hydrogen-bond acceptors (Lipinski definition) is 4. The molecule has 6 aromatic carbocycles. The Balaban J connectivity index is 1.30. The molecule has 0 bridgehead atoms. The SMILES string of the molecule is c1ccc(-c2cc(-c3ccccc3)nc(-c3cccc(-c4nc5c6ccccc6c6ccccc6c5c5cnccc45)c3)n2)cc1. The van der Waals surface area contributed by atoms with Crippen LogP contribution < -0.4 is 0 Å². The van der Waals surface area contributed by atoms with E-state index in [9.17, 15) is 0 Å². The fraction of sp³-hybridized carbons (Fsp3) is 0. The molecule has 0 aliphatic heterocycles. The third kappa shape index (κ3) is 4.31. The van der Waals surface area contributed by atoms with Crippen molar-refractivity contribution < 1.29 is 0 Å². The monoisotopic (exact) mass is 586 g/mol. The molecule has 0 aliphatic carbocycles. The van der Waals surface area contributed by atoms with Crippen LogP contribution in [0.15, 0.2) is 158 Å². The van der Waals surface area contributed by atoms with E-state index >= 15 is 0 Å². The zero-order valence-electron chi connectivity index (χ0n) is 24.8. The Kier molecular flexibility index (Phi) is 6.10. The van der Waals surface area contributed by atoms with E-state index in [2.05, 4.69) is 114 Å². The van der Waals surface area contributed by atoms with Gasteiger partial charge in [-0.3, -0.25) is 4.98 Å². The van der Waals surface area contributed by atoms with Gasteiger partial charge in [0.15, 0.2) is 5.82 Å². The standard InChI is InChI=1S/C42H26N4/c1-3-12-27(13-4-1)37-25-38(28-14-5-2-6-15-28)45-42(44-37)30-17-11-16-29(24-30)40-35-22-23-43-26-36(35)39-33-20-9-7-18-31(33)32-19-8-10-21-34(32)41(39)46-40/h1-26H. The fourth-order valence-corrected chi connectivity index (χ4v) is 6.60. The maximum atomic E-state index is 5.45. The Bertz CT molecular complexity index is 2520. The number of nitrogens with zero attached hydrogens (tertiary/aromatic N) is 4. The molecule has 0 N–H and O–H groups in total. The molecule has 0 amide bonds. The normalized spacial score (nSPS) is 11.5. The van der Waals surface area contributed by atoms with Gasteiger partial charge in [0.25, 0.3) is 0 Å². The molecule has 0 aliphatic rings. The molecule has 0 radical (unpaired) electrons. The molecule has 3 heterocycles. The Morgan fingerprint density at radius 1 is 0.370 bits per heavy atom. The van der Waals surface area contributed by atoms with Crippen LogP contribution in [0.1, 0.15) is 0 Å². The van der Waals surface area contributed by atoms with E-state index in [0.29, 0.717) is 5.82 Å². The minimum atomic E-state index is 0.672. The van der Waals surface area contributed by atoms with Crippen LogP contribution in [0.5, 0.6) is 0 Å². The average Bonchev–Trinajstić information content (AvgIpc) is 3.15. The van der Waals surface area contributed by atoms with Gasteiger partial charge in [-0.1, -0.05) is 127 Å². The lowest BCUT2D eigenvalue weighted by molar-refractivity contribution is 1.18. The molecule has 0 spiro atoms. The van der Waals surface area contributed by atoms with Gasteiger partial charge in [0.2, 0.25) is 0 Å². The van der Waals surface area contributed by atoms with Gasteiger partial charge in [-0.2, -0.15) is 0 Å². The molecule has 9 rings (SSSR count). The van der Waals surface area contributed by atoms with Crippen LogP contribution in [0.25, 0.3) is 88.4 Å². The molecule has 0 saturated carbocycles. The van der Waals surface area contributed by atoms with Crippen LogP contribution in [-0.2, 0) is 0 Å². The van der Waals surface area contributed by atoms with Gasteiger partial charge in [-0.25, -0.2) is 15.0 Å². The van der Waals surface area contributed by atoms with Gasteiger partial charge in [0.1, 0.15) is 0 Å². The highest BCUT2D eigenvalue weighted by atomic mass is 14.9. The highest BCUT2D eigenvalue weighted by molar-refractivity contribution is 6.31. The van der Waals surface area contributed by atoms with E-state index in [-0.39, 0.29) is 0 Å². The predicted octanol–water partition coefficient (Wildman–Crippen LogP) is 10.5. The minimum absolute atomic E-state index is 0.672. The van der Waals surface area contributed by atoms with E-state index in [1.165, 1.54) is 16.2 Å². The molecule has 46 heavy (non-hydrogen) atoms. The maximum Gasteiger partial charge on any atom is 0.160 e. The van der Waals surface area contributed by atoms with Gasteiger partial charge >= 0.3 is 0 Å². The van der Waals surface area contributed by atoms with Crippen LogP contribution in [0.4, 0.5) is 0 Å². The number of fused-ring (bicyclic) bond motifs is 8. The van der Waals surface area contributed by atoms with Gasteiger partial charge < -0.3 is 0 Å². The van der Waals surface area contributed by atoms with Crippen molar-refractivity contribution in [3.8, 4) is 45.2 Å². The van der Waals surface area contributed by atoms with Gasteiger partial charge in [-0.15, -0.1) is 0 Å². The summed E-state index contributed by atoms with van der Waals surface area (Å²) in [6.07, 6.45) is 3.83. The molecular formula is C42H26N4. The van der Waals surface area contributed by atoms with Crippen molar-refractivity contribution in [2.75, 3.05) is 0 Å². The molecule has 3 aromatic heterocycles. The first kappa shape index (κ1) is 26.2. The zero-order chi connectivity index (χ0) is 30.5. The molecule has 0 fully saturated rings. The molecule has 0 atom stereocenters. The minimum Gasteiger partial charge on any atom is -0.264 e. The highest BCUT2D eigenvalue weighted by Crippen LogP contribution is 2.41. The number of hydrogen-bond donors (Lipinski definition) is 0. The quantitative estimate of drug-likeness (QED) is 0.193. The van der Waals surface area contributed by atoms with E-state index < -0.39 is 0 Å². The lowest BCUT2D eigenvalue weighted by atomic mass is 9.93. The summed E-state index contributed by atoms with van der Waals surface area (Å²) in [5, 5.41) is 8.00. The zero-order valence-corrected chi connectivity index (χ0v) is 24.8. The van der Waals surface area contributed by atoms with Crippen molar-refractivity contribution >= 4 is 43.2 Å². The summed E-state index contributed by atoms with van der Waals surface area (Å²) in [6, 6.07) is 50.3. The largest absolute Gasteiger partial charge is 0.264 e. The van der Waals surface area contributed by atoms with Crippen LogP contribution in [0, 0.1) is 0 Å². The second-order valence-electron chi connectivity index (χ2n) is 11.5. The Labute approximate surface area is 265 Å². The number of pyridine rings is 2. The van der Waals surface area contributed by atoms with Crippen molar-refractivity contribution in [2.24, 2.45) is 0 Å². The molecule has 4 heteroatoms. The summed E-state index contributed by atoms with van der Waals surface area (Å²) in [6.45, 7) is 0. The summed E-state index contributed by atoms with van der Waals surface area (Å²) >= 11 is 0. The van der Waals surface area contributed by atoms with E-state index in [0.717, 1.165) is 66.4 Å². The lowest BCUT2D eigenvalue weighted by Crippen LogP contribution is -1.97. The van der Waals surface area contributed by atoms with Gasteiger partial charge in [-0.05, 0) is 34.4 Å². The van der Waals surface area contributed by atoms with Crippen LogP contribution in [-0.4, -0.2) is 19.9 Å². The first-order valence-electron chi connectivity index (χ1n) is 15.4. The number of aromatic nitrogens is 4. The summed E-state index contributed by atoms with van der Waals surface area (Å²) < 4.78 is 0. The van der Waals surface area contributed by atoms with Gasteiger partial charge in [0, 0.05) is 56.2 Å². The van der Waals surface area contributed by atoms with E-state index in [1.54, 1.807) is 0 Å². The highest BCUT2D eigenvalue weighted by Gasteiger charge is 2.18. The summed E-state index contributed by atoms with van der Waals surface area (Å²) in [4.78, 5) is 20.2. The Morgan fingerprint density at radius 3 is 1.63 bits per heavy atom. The van der Waals surface area contributed by atoms with Gasteiger partial charge in [0.05, 0.1) is 22.6 Å². The van der Waals surface area contributed by atoms with Crippen LogP contribution in [0.3, 0.4) is 0 Å². The van der Waals surface area contributed by atoms with Crippen molar-refractivity contribution in [3.63, 3.8) is 0 Å². The molecule has 214 valence electrons. The third-order valence-corrected chi connectivity index (χ3v) is 8.73.